The minimum atomic E-state index is -1.04. The molecule has 0 aliphatic heterocycles. The van der Waals surface area contributed by atoms with Gasteiger partial charge in [0.05, 0.1) is 0 Å². The van der Waals surface area contributed by atoms with Crippen LogP contribution in [0.25, 0.3) is 0 Å². The molecule has 0 aromatic heterocycles. The van der Waals surface area contributed by atoms with E-state index >= 15 is 0 Å². The summed E-state index contributed by atoms with van der Waals surface area (Å²) in [6.45, 7) is 7.59. The molecule has 0 fully saturated rings. The van der Waals surface area contributed by atoms with Crippen LogP contribution in [0.5, 0.6) is 0 Å². The summed E-state index contributed by atoms with van der Waals surface area (Å²) in [7, 11) is 0. The number of rotatable bonds is 7. The summed E-state index contributed by atoms with van der Waals surface area (Å²) in [5, 5.41) is 20.3. The van der Waals surface area contributed by atoms with Gasteiger partial charge < -0.3 is 20.4 Å². The minimum Gasteiger partial charge on any atom is -0.480 e. The van der Waals surface area contributed by atoms with Crippen molar-refractivity contribution in [1.29, 1.82) is 0 Å². The summed E-state index contributed by atoms with van der Waals surface area (Å²) in [5.74, 6) is -1.22. The summed E-state index contributed by atoms with van der Waals surface area (Å²) in [5.41, 5.74) is 0. The topological polar surface area (TPSA) is 89.9 Å². The number of carbonyl (C=O) groups is 2. The largest absolute Gasteiger partial charge is 0.480 e. The van der Waals surface area contributed by atoms with Gasteiger partial charge in [-0.15, -0.1) is 0 Å². The lowest BCUT2D eigenvalue weighted by atomic mass is 10.1. The molecular weight excluding hydrogens is 236 g/mol. The molecule has 0 bridgehead atoms. The lowest BCUT2D eigenvalue weighted by Crippen LogP contribution is -2.52. The lowest BCUT2D eigenvalue weighted by molar-refractivity contribution is -0.140. The molecule has 6 heteroatoms. The predicted octanol–water partition coefficient (Wildman–Crippen LogP) is 0.898. The van der Waals surface area contributed by atoms with E-state index in [1.807, 2.05) is 13.8 Å². The minimum absolute atomic E-state index is 0.00302. The second kappa shape index (κ2) is 7.92. The Morgan fingerprint density at radius 2 is 1.78 bits per heavy atom. The molecule has 3 N–H and O–H groups in total. The molecule has 0 saturated heterocycles. The van der Waals surface area contributed by atoms with Crippen molar-refractivity contribution in [3.05, 3.63) is 0 Å². The highest BCUT2D eigenvalue weighted by Gasteiger charge is 2.26. The zero-order chi connectivity index (χ0) is 14.3. The molecule has 0 saturated carbocycles. The third-order valence-corrected chi connectivity index (χ3v) is 2.65. The highest BCUT2D eigenvalue weighted by atomic mass is 16.4. The summed E-state index contributed by atoms with van der Waals surface area (Å²) in [4.78, 5) is 24.5. The van der Waals surface area contributed by atoms with Gasteiger partial charge in [0.2, 0.25) is 0 Å². The molecule has 2 amide bonds. The van der Waals surface area contributed by atoms with Gasteiger partial charge in [0.1, 0.15) is 6.04 Å². The number of hydrogen-bond donors (Lipinski definition) is 3. The Balaban J connectivity index is 4.62. The Labute approximate surface area is 108 Å². The van der Waals surface area contributed by atoms with Gasteiger partial charge in [0, 0.05) is 19.2 Å². The maximum Gasteiger partial charge on any atom is 0.326 e. The van der Waals surface area contributed by atoms with Crippen LogP contribution in [0.1, 0.15) is 34.1 Å². The molecule has 0 radical (unpaired) electrons. The van der Waals surface area contributed by atoms with Crippen molar-refractivity contribution in [3.8, 4) is 0 Å². The molecule has 6 nitrogen and oxygen atoms in total. The van der Waals surface area contributed by atoms with Crippen LogP contribution in [0.3, 0.4) is 0 Å². The number of nitrogens with zero attached hydrogens (tertiary/aromatic N) is 1. The smallest absolute Gasteiger partial charge is 0.326 e. The van der Waals surface area contributed by atoms with Crippen molar-refractivity contribution in [2.75, 3.05) is 13.2 Å². The van der Waals surface area contributed by atoms with Gasteiger partial charge in [-0.1, -0.05) is 13.8 Å². The van der Waals surface area contributed by atoms with Crippen LogP contribution >= 0.6 is 0 Å². The fraction of sp³-hybridized carbons (Fsp3) is 0.833. The molecule has 0 aliphatic rings. The average molecular weight is 260 g/mol. The van der Waals surface area contributed by atoms with Crippen LogP contribution in [0.2, 0.25) is 0 Å². The number of urea groups is 1. The fourth-order valence-electron chi connectivity index (χ4n) is 1.56. The second-order valence-corrected chi connectivity index (χ2v) is 4.87. The highest BCUT2D eigenvalue weighted by Crippen LogP contribution is 2.05. The Morgan fingerprint density at radius 1 is 1.22 bits per heavy atom. The summed E-state index contributed by atoms with van der Waals surface area (Å²) < 4.78 is 0. The summed E-state index contributed by atoms with van der Waals surface area (Å²) in [6.07, 6.45) is 0.477. The molecule has 0 spiro atoms. The van der Waals surface area contributed by atoms with Crippen LogP contribution in [-0.2, 0) is 4.79 Å². The predicted molar refractivity (Wildman–Crippen MR) is 68.3 cm³/mol. The number of carboxylic acids is 1. The number of nitrogens with one attached hydrogen (secondary N) is 1. The van der Waals surface area contributed by atoms with Crippen LogP contribution in [0.4, 0.5) is 4.79 Å². The van der Waals surface area contributed by atoms with Crippen molar-refractivity contribution in [2.24, 2.45) is 5.92 Å². The Hall–Kier alpha value is -1.30. The van der Waals surface area contributed by atoms with Crippen LogP contribution in [0, 0.1) is 5.92 Å². The van der Waals surface area contributed by atoms with E-state index in [-0.39, 0.29) is 18.6 Å². The van der Waals surface area contributed by atoms with Gasteiger partial charge in [-0.2, -0.15) is 0 Å². The van der Waals surface area contributed by atoms with E-state index < -0.39 is 18.0 Å². The quantitative estimate of drug-likeness (QED) is 0.634. The summed E-state index contributed by atoms with van der Waals surface area (Å²) >= 11 is 0. The summed E-state index contributed by atoms with van der Waals surface area (Å²) in [6, 6.07) is -1.34. The Morgan fingerprint density at radius 3 is 2.11 bits per heavy atom. The second-order valence-electron chi connectivity index (χ2n) is 4.87. The first kappa shape index (κ1) is 16.7. The van der Waals surface area contributed by atoms with E-state index in [0.29, 0.717) is 13.0 Å². The van der Waals surface area contributed by atoms with Gasteiger partial charge in [-0.05, 0) is 26.2 Å². The van der Waals surface area contributed by atoms with Crippen LogP contribution < -0.4 is 5.32 Å². The van der Waals surface area contributed by atoms with Crippen molar-refractivity contribution in [2.45, 2.75) is 46.2 Å². The first-order chi connectivity index (χ1) is 8.31. The van der Waals surface area contributed by atoms with Crippen LogP contribution in [-0.4, -0.2) is 52.3 Å². The molecule has 18 heavy (non-hydrogen) atoms. The van der Waals surface area contributed by atoms with E-state index in [0.717, 1.165) is 0 Å². The Bertz CT molecular complexity index is 279. The number of aliphatic hydroxyl groups excluding tert-OH is 1. The van der Waals surface area contributed by atoms with Crippen LogP contribution in [0.15, 0.2) is 0 Å². The molecule has 0 aromatic rings. The highest BCUT2D eigenvalue weighted by molar-refractivity contribution is 5.82. The molecule has 0 aliphatic carbocycles. The third kappa shape index (κ3) is 5.35. The molecule has 0 unspecified atom stereocenters. The molecule has 0 heterocycles. The zero-order valence-corrected chi connectivity index (χ0v) is 11.5. The van der Waals surface area contributed by atoms with Gasteiger partial charge in [0.15, 0.2) is 0 Å². The van der Waals surface area contributed by atoms with E-state index in [1.54, 1.807) is 13.8 Å². The number of carbonyl (C=O) groups excluding carboxylic acids is 1. The van der Waals surface area contributed by atoms with E-state index in [4.69, 9.17) is 10.2 Å². The first-order valence-electron chi connectivity index (χ1n) is 6.22. The van der Waals surface area contributed by atoms with Crippen molar-refractivity contribution in [1.82, 2.24) is 10.2 Å². The van der Waals surface area contributed by atoms with Gasteiger partial charge in [0.25, 0.3) is 0 Å². The van der Waals surface area contributed by atoms with E-state index in [2.05, 4.69) is 5.32 Å². The SMILES string of the molecule is CC(C)[C@H](NC(=O)N(CCCO)C(C)C)C(=O)O. The number of aliphatic carboxylic acids is 1. The third-order valence-electron chi connectivity index (χ3n) is 2.65. The monoisotopic (exact) mass is 260 g/mol. The number of hydrogen-bond acceptors (Lipinski definition) is 3. The van der Waals surface area contributed by atoms with E-state index in [1.165, 1.54) is 4.90 Å². The lowest BCUT2D eigenvalue weighted by Gasteiger charge is -2.29. The van der Waals surface area contributed by atoms with Crippen molar-refractivity contribution < 1.29 is 19.8 Å². The Kier molecular flexibility index (Phi) is 7.35. The average Bonchev–Trinajstić information content (AvgIpc) is 2.24. The van der Waals surface area contributed by atoms with Gasteiger partial charge in [-0.25, -0.2) is 9.59 Å². The van der Waals surface area contributed by atoms with E-state index in [9.17, 15) is 9.59 Å². The van der Waals surface area contributed by atoms with Gasteiger partial charge >= 0.3 is 12.0 Å². The first-order valence-corrected chi connectivity index (χ1v) is 6.22. The standard InChI is InChI=1S/C12H24N2O4/c1-8(2)10(11(16)17)13-12(18)14(9(3)4)6-5-7-15/h8-10,15H,5-7H2,1-4H3,(H,13,18)(H,16,17)/t10-/m0/s1. The molecular formula is C12H24N2O4. The number of amides is 2. The molecule has 106 valence electrons. The maximum absolute atomic E-state index is 12.0. The zero-order valence-electron chi connectivity index (χ0n) is 11.5. The van der Waals surface area contributed by atoms with Crippen molar-refractivity contribution >= 4 is 12.0 Å². The molecule has 0 rings (SSSR count). The number of aliphatic hydroxyl groups is 1. The maximum atomic E-state index is 12.0. The van der Waals surface area contributed by atoms with Gasteiger partial charge in [-0.3, -0.25) is 0 Å². The fourth-order valence-corrected chi connectivity index (χ4v) is 1.56. The number of carboxylic acid groups (broad SMARTS) is 1. The normalized spacial score (nSPS) is 12.6. The molecule has 0 aromatic carbocycles. The van der Waals surface area contributed by atoms with Crippen molar-refractivity contribution in [3.63, 3.8) is 0 Å². The molecule has 1 atom stereocenters.